The Balaban J connectivity index is 1.78. The largest absolute Gasteiger partial charge is 0.497 e. The van der Waals surface area contributed by atoms with E-state index in [-0.39, 0.29) is 28.9 Å². The van der Waals surface area contributed by atoms with E-state index in [4.69, 9.17) is 4.74 Å². The van der Waals surface area contributed by atoms with Crippen LogP contribution in [0, 0.1) is 0 Å². The van der Waals surface area contributed by atoms with Crippen LogP contribution in [0.1, 0.15) is 43.9 Å². The molecule has 0 radical (unpaired) electrons. The van der Waals surface area contributed by atoms with Gasteiger partial charge in [-0.05, 0) is 46.7 Å². The Morgan fingerprint density at radius 1 is 1.10 bits per heavy atom. The molecule has 1 amide bonds. The number of carbonyl (C=O) groups excluding carboxylic acids is 1. The highest BCUT2D eigenvalue weighted by Gasteiger charge is 2.34. The van der Waals surface area contributed by atoms with Gasteiger partial charge in [-0.15, -0.1) is 0 Å². The number of ether oxygens (including phenoxy) is 1. The zero-order valence-electron chi connectivity index (χ0n) is 18.7. The lowest BCUT2D eigenvalue weighted by atomic mass is 9.87. The van der Waals surface area contributed by atoms with Crippen LogP contribution in [0.3, 0.4) is 0 Å². The summed E-state index contributed by atoms with van der Waals surface area (Å²) in [6, 6.07) is 15.3. The second-order valence-corrected chi connectivity index (χ2v) is 11.3. The number of nitrogens with zero attached hydrogens (tertiary/aromatic N) is 1. The fourth-order valence-electron chi connectivity index (χ4n) is 3.69. The molecule has 0 saturated carbocycles. The second-order valence-electron chi connectivity index (χ2n) is 9.08. The quantitative estimate of drug-likeness (QED) is 0.630. The molecule has 5 nitrogen and oxygen atoms in total. The molecule has 1 aliphatic rings. The van der Waals surface area contributed by atoms with Crippen LogP contribution in [0.5, 0.6) is 5.75 Å². The Hall–Kier alpha value is -2.60. The molecule has 0 spiro atoms. The Kier molecular flexibility index (Phi) is 6.90. The van der Waals surface area contributed by atoms with Crippen molar-refractivity contribution in [2.24, 2.45) is 0 Å². The van der Waals surface area contributed by atoms with E-state index in [0.29, 0.717) is 13.0 Å². The van der Waals surface area contributed by atoms with Crippen molar-refractivity contribution in [2.45, 2.75) is 45.2 Å². The molecule has 166 valence electrons. The maximum absolute atomic E-state index is 13.1. The third kappa shape index (κ3) is 6.20. The molecule has 0 unspecified atom stereocenters. The van der Waals surface area contributed by atoms with Gasteiger partial charge in [0.15, 0.2) is 9.84 Å². The van der Waals surface area contributed by atoms with Crippen molar-refractivity contribution < 1.29 is 17.9 Å². The van der Waals surface area contributed by atoms with E-state index >= 15 is 0 Å². The summed E-state index contributed by atoms with van der Waals surface area (Å²) < 4.78 is 29.2. The van der Waals surface area contributed by atoms with Crippen LogP contribution in [-0.2, 0) is 26.6 Å². The smallest absolute Gasteiger partial charge is 0.247 e. The summed E-state index contributed by atoms with van der Waals surface area (Å²) in [7, 11) is -1.50. The average Bonchev–Trinajstić information content (AvgIpc) is 3.09. The first-order valence-corrected chi connectivity index (χ1v) is 12.3. The van der Waals surface area contributed by atoms with Crippen LogP contribution in [0.15, 0.2) is 54.6 Å². The van der Waals surface area contributed by atoms with Crippen molar-refractivity contribution in [3.63, 3.8) is 0 Å². The van der Waals surface area contributed by atoms with Gasteiger partial charge in [0.25, 0.3) is 0 Å². The Bertz CT molecular complexity index is 1030. The molecule has 0 aliphatic carbocycles. The first kappa shape index (κ1) is 23.1. The summed E-state index contributed by atoms with van der Waals surface area (Å²) in [4.78, 5) is 14.8. The van der Waals surface area contributed by atoms with Crippen LogP contribution in [0.4, 0.5) is 0 Å². The summed E-state index contributed by atoms with van der Waals surface area (Å²) in [6.45, 7) is 6.84. The van der Waals surface area contributed by atoms with Crippen molar-refractivity contribution in [3.8, 4) is 5.75 Å². The van der Waals surface area contributed by atoms with E-state index in [1.54, 1.807) is 24.2 Å². The number of methoxy groups -OCH3 is 1. The fraction of sp³-hybridized carbons (Fsp3) is 0.400. The molecule has 31 heavy (non-hydrogen) atoms. The maximum Gasteiger partial charge on any atom is 0.247 e. The zero-order valence-corrected chi connectivity index (χ0v) is 19.5. The summed E-state index contributed by atoms with van der Waals surface area (Å²) in [5, 5.41) is 0. The predicted molar refractivity (Wildman–Crippen MR) is 125 cm³/mol. The summed E-state index contributed by atoms with van der Waals surface area (Å²) in [6.07, 6.45) is 3.80. The van der Waals surface area contributed by atoms with Crippen LogP contribution < -0.4 is 4.74 Å². The molecule has 2 aromatic carbocycles. The number of amides is 1. The number of benzene rings is 2. The SMILES string of the molecule is COc1ccc(CN(C(=O)/C=C/c2ccc(C(C)(C)C)cc2)[C@H]2CCS(=O)(=O)C2)cc1. The highest BCUT2D eigenvalue weighted by Crippen LogP contribution is 2.24. The number of carbonyl (C=O) groups is 1. The third-order valence-corrected chi connectivity index (χ3v) is 7.39. The van der Waals surface area contributed by atoms with Gasteiger partial charge in [0.05, 0.1) is 18.6 Å². The topological polar surface area (TPSA) is 63.7 Å². The molecule has 0 N–H and O–H groups in total. The van der Waals surface area contributed by atoms with Crippen LogP contribution >= 0.6 is 0 Å². The van der Waals surface area contributed by atoms with E-state index in [2.05, 4.69) is 32.9 Å². The lowest BCUT2D eigenvalue weighted by molar-refractivity contribution is -0.128. The molecule has 3 rings (SSSR count). The standard InChI is InChI=1S/C25H31NO4S/c1-25(2,3)21-10-5-19(6-11-21)9-14-24(27)26(22-15-16-31(28,29)18-22)17-20-7-12-23(30-4)13-8-20/h5-14,22H,15-18H2,1-4H3/b14-9+/t22-/m0/s1. The molecule has 0 aromatic heterocycles. The lowest BCUT2D eigenvalue weighted by Crippen LogP contribution is -2.39. The number of rotatable bonds is 6. The van der Waals surface area contributed by atoms with Gasteiger partial charge in [0.2, 0.25) is 5.91 Å². The molecule has 1 atom stereocenters. The molecule has 2 aromatic rings. The predicted octanol–water partition coefficient (Wildman–Crippen LogP) is 4.22. The maximum atomic E-state index is 13.1. The molecule has 1 heterocycles. The van der Waals surface area contributed by atoms with Gasteiger partial charge >= 0.3 is 0 Å². The number of hydrogen-bond acceptors (Lipinski definition) is 4. The van der Waals surface area contributed by atoms with Crippen molar-refractivity contribution in [2.75, 3.05) is 18.6 Å². The van der Waals surface area contributed by atoms with Gasteiger partial charge < -0.3 is 9.64 Å². The van der Waals surface area contributed by atoms with Gasteiger partial charge in [-0.2, -0.15) is 0 Å². The number of sulfone groups is 1. The summed E-state index contributed by atoms with van der Waals surface area (Å²) in [5.41, 5.74) is 3.17. The van der Waals surface area contributed by atoms with Gasteiger partial charge in [-0.1, -0.05) is 57.2 Å². The minimum absolute atomic E-state index is 0.0169. The van der Waals surface area contributed by atoms with Gasteiger partial charge in [-0.25, -0.2) is 8.42 Å². The minimum Gasteiger partial charge on any atom is -0.497 e. The molecule has 1 fully saturated rings. The van der Waals surface area contributed by atoms with Crippen molar-refractivity contribution in [1.82, 2.24) is 4.90 Å². The Labute approximate surface area is 185 Å². The van der Waals surface area contributed by atoms with E-state index in [9.17, 15) is 13.2 Å². The Morgan fingerprint density at radius 2 is 1.74 bits per heavy atom. The third-order valence-electron chi connectivity index (χ3n) is 5.64. The van der Waals surface area contributed by atoms with Crippen LogP contribution in [0.2, 0.25) is 0 Å². The molecular formula is C25H31NO4S. The monoisotopic (exact) mass is 441 g/mol. The van der Waals surface area contributed by atoms with E-state index in [1.165, 1.54) is 5.56 Å². The Morgan fingerprint density at radius 3 is 2.26 bits per heavy atom. The van der Waals surface area contributed by atoms with Crippen molar-refractivity contribution >= 4 is 21.8 Å². The van der Waals surface area contributed by atoms with Gasteiger partial charge in [-0.3, -0.25) is 4.79 Å². The van der Waals surface area contributed by atoms with Crippen LogP contribution in [-0.4, -0.2) is 43.9 Å². The van der Waals surface area contributed by atoms with E-state index in [1.807, 2.05) is 36.4 Å². The van der Waals surface area contributed by atoms with Crippen molar-refractivity contribution in [3.05, 3.63) is 71.3 Å². The first-order valence-electron chi connectivity index (χ1n) is 10.5. The summed E-state index contributed by atoms with van der Waals surface area (Å²) >= 11 is 0. The molecule has 0 bridgehead atoms. The van der Waals surface area contributed by atoms with Crippen molar-refractivity contribution in [1.29, 1.82) is 0 Å². The summed E-state index contributed by atoms with van der Waals surface area (Å²) in [5.74, 6) is 0.701. The van der Waals surface area contributed by atoms with Crippen LogP contribution in [0.25, 0.3) is 6.08 Å². The number of hydrogen-bond donors (Lipinski definition) is 0. The molecular weight excluding hydrogens is 410 g/mol. The lowest BCUT2D eigenvalue weighted by Gasteiger charge is -2.27. The van der Waals surface area contributed by atoms with E-state index < -0.39 is 9.84 Å². The zero-order chi connectivity index (χ0) is 22.6. The second kappa shape index (κ2) is 9.27. The minimum atomic E-state index is -3.10. The van der Waals surface area contributed by atoms with Gasteiger partial charge in [0.1, 0.15) is 5.75 Å². The normalized spacial score (nSPS) is 18.3. The average molecular weight is 442 g/mol. The molecule has 6 heteroatoms. The fourth-order valence-corrected chi connectivity index (χ4v) is 5.42. The molecule has 1 aliphatic heterocycles. The van der Waals surface area contributed by atoms with Gasteiger partial charge in [0, 0.05) is 18.7 Å². The highest BCUT2D eigenvalue weighted by molar-refractivity contribution is 7.91. The van der Waals surface area contributed by atoms with E-state index in [0.717, 1.165) is 16.9 Å². The highest BCUT2D eigenvalue weighted by atomic mass is 32.2. The first-order chi connectivity index (χ1) is 14.6. The molecule has 1 saturated heterocycles.